The molecule has 0 bridgehead atoms. The lowest BCUT2D eigenvalue weighted by Gasteiger charge is -2.36. The quantitative estimate of drug-likeness (QED) is 0.121. The molecule has 2 N–H and O–H groups in total. The summed E-state index contributed by atoms with van der Waals surface area (Å²) in [5, 5.41) is 13.2. The highest BCUT2D eigenvalue weighted by molar-refractivity contribution is 7.99. The van der Waals surface area contributed by atoms with Crippen LogP contribution in [0.25, 0.3) is 22.2 Å². The predicted octanol–water partition coefficient (Wildman–Crippen LogP) is 6.85. The topological polar surface area (TPSA) is 119 Å². The van der Waals surface area contributed by atoms with Crippen molar-refractivity contribution in [3.63, 3.8) is 0 Å². The summed E-state index contributed by atoms with van der Waals surface area (Å²) in [4.78, 5) is 30.3. The molecular weight excluding hydrogens is 623 g/mol. The van der Waals surface area contributed by atoms with E-state index in [0.29, 0.717) is 29.4 Å². The van der Waals surface area contributed by atoms with Crippen molar-refractivity contribution in [2.24, 2.45) is 0 Å². The fourth-order valence-electron chi connectivity index (χ4n) is 5.58. The molecule has 1 aliphatic rings. The number of rotatable bonds is 10. The monoisotopic (exact) mass is 655 g/mol. The Kier molecular flexibility index (Phi) is 9.76. The molecule has 0 spiro atoms. The van der Waals surface area contributed by atoms with Crippen LogP contribution in [0.4, 0.5) is 0 Å². The van der Waals surface area contributed by atoms with Gasteiger partial charge in [-0.05, 0) is 52.1 Å². The molecule has 9 nitrogen and oxygen atoms in total. The van der Waals surface area contributed by atoms with Crippen molar-refractivity contribution in [1.29, 1.82) is 0 Å². The van der Waals surface area contributed by atoms with Crippen molar-refractivity contribution in [3.05, 3.63) is 150 Å². The Hall–Kier alpha value is -5.00. The van der Waals surface area contributed by atoms with Gasteiger partial charge >= 0.3 is 0 Å². The molecule has 1 amide bonds. The number of aromatic nitrogens is 4. The van der Waals surface area contributed by atoms with Crippen molar-refractivity contribution >= 4 is 28.7 Å². The van der Waals surface area contributed by atoms with Gasteiger partial charge in [0.1, 0.15) is 5.69 Å². The molecule has 240 valence electrons. The number of thioether (sulfide) groups is 1. The number of amides is 1. The Morgan fingerprint density at radius 3 is 2.35 bits per heavy atom. The summed E-state index contributed by atoms with van der Waals surface area (Å²) in [6.45, 7) is 0.357. The number of carbonyl (C=O) groups is 1. The van der Waals surface area contributed by atoms with Crippen molar-refractivity contribution in [2.45, 2.75) is 43.2 Å². The molecule has 0 radical (unpaired) electrons. The van der Waals surface area contributed by atoms with Gasteiger partial charge in [-0.25, -0.2) is 15.0 Å². The maximum atomic E-state index is 12.8. The molecule has 6 aromatic rings. The van der Waals surface area contributed by atoms with Gasteiger partial charge in [-0.15, -0.1) is 0 Å². The molecule has 1 saturated heterocycles. The van der Waals surface area contributed by atoms with Crippen LogP contribution < -0.4 is 5.32 Å². The molecule has 1 fully saturated rings. The molecule has 3 heterocycles. The second-order valence-electron chi connectivity index (χ2n) is 11.4. The van der Waals surface area contributed by atoms with Crippen LogP contribution in [0.5, 0.6) is 0 Å². The largest absolute Gasteiger partial charge is 0.392 e. The lowest BCUT2D eigenvalue weighted by Crippen LogP contribution is -2.31. The molecule has 0 unspecified atom stereocenters. The van der Waals surface area contributed by atoms with E-state index in [-0.39, 0.29) is 30.4 Å². The summed E-state index contributed by atoms with van der Waals surface area (Å²) in [6, 6.07) is 33.4. The zero-order valence-electron chi connectivity index (χ0n) is 26.0. The summed E-state index contributed by atoms with van der Waals surface area (Å²) in [5.74, 6) is 0.412. The van der Waals surface area contributed by atoms with Crippen molar-refractivity contribution < 1.29 is 19.4 Å². The van der Waals surface area contributed by atoms with Gasteiger partial charge in [0.2, 0.25) is 0 Å². The fraction of sp³-hybridized carbons (Fsp3) is 0.184. The molecule has 48 heavy (non-hydrogen) atoms. The third-order valence-electron chi connectivity index (χ3n) is 8.13. The van der Waals surface area contributed by atoms with E-state index in [0.717, 1.165) is 38.9 Å². The first-order valence-corrected chi connectivity index (χ1v) is 16.7. The van der Waals surface area contributed by atoms with Crippen LogP contribution in [0.2, 0.25) is 0 Å². The zero-order valence-corrected chi connectivity index (χ0v) is 26.8. The van der Waals surface area contributed by atoms with E-state index in [9.17, 15) is 9.90 Å². The second-order valence-corrected chi connectivity index (χ2v) is 12.4. The van der Waals surface area contributed by atoms with Gasteiger partial charge in [-0.1, -0.05) is 90.6 Å². The number of aliphatic hydroxyl groups excluding tert-OH is 1. The number of carbonyl (C=O) groups excluding carboxylic acids is 1. The van der Waals surface area contributed by atoms with E-state index in [2.05, 4.69) is 43.5 Å². The minimum atomic E-state index is -0.558. The van der Waals surface area contributed by atoms with Crippen molar-refractivity contribution in [2.75, 3.05) is 5.75 Å². The van der Waals surface area contributed by atoms with E-state index >= 15 is 0 Å². The molecule has 3 atom stereocenters. The van der Waals surface area contributed by atoms with Crippen LogP contribution in [0, 0.1) is 0 Å². The van der Waals surface area contributed by atoms with Crippen LogP contribution in [0.15, 0.2) is 127 Å². The van der Waals surface area contributed by atoms with Gasteiger partial charge < -0.3 is 19.9 Å². The van der Waals surface area contributed by atoms with Gasteiger partial charge in [0, 0.05) is 36.7 Å². The number of nitrogens with one attached hydrogen (secondary N) is 1. The van der Waals surface area contributed by atoms with Gasteiger partial charge in [-0.3, -0.25) is 9.78 Å². The Labute approximate surface area is 282 Å². The highest BCUT2D eigenvalue weighted by Gasteiger charge is 2.32. The maximum absolute atomic E-state index is 12.8. The summed E-state index contributed by atoms with van der Waals surface area (Å²) in [5.41, 5.74) is 7.57. The van der Waals surface area contributed by atoms with Gasteiger partial charge in [-0.2, -0.15) is 0 Å². The summed E-state index contributed by atoms with van der Waals surface area (Å²) >= 11 is 1.56. The molecule has 1 aliphatic heterocycles. The van der Waals surface area contributed by atoms with Crippen LogP contribution in [0.3, 0.4) is 0 Å². The smallest absolute Gasteiger partial charge is 0.271 e. The lowest BCUT2D eigenvalue weighted by molar-refractivity contribution is -0.245. The SMILES string of the molecule is O=C(NCc1cccc(-c2ccc([C@H]3O[C@@H](CSc4ncccn4)C[C@@H](c4ccc(CO)cc4)O3)cc2)c1)c1cnc2ccccc2n1. The van der Waals surface area contributed by atoms with E-state index in [1.54, 1.807) is 30.2 Å². The van der Waals surface area contributed by atoms with Crippen LogP contribution >= 0.6 is 11.8 Å². The summed E-state index contributed by atoms with van der Waals surface area (Å²) in [7, 11) is 0. The second kappa shape index (κ2) is 14.8. The van der Waals surface area contributed by atoms with Gasteiger partial charge in [0.15, 0.2) is 11.4 Å². The van der Waals surface area contributed by atoms with Gasteiger partial charge in [0.05, 0.1) is 36.0 Å². The van der Waals surface area contributed by atoms with E-state index in [4.69, 9.17) is 9.47 Å². The number of benzene rings is 4. The number of hydrogen-bond acceptors (Lipinski definition) is 9. The molecule has 0 aliphatic carbocycles. The first-order valence-electron chi connectivity index (χ1n) is 15.7. The zero-order chi connectivity index (χ0) is 32.7. The Morgan fingerprint density at radius 1 is 0.792 bits per heavy atom. The third-order valence-corrected chi connectivity index (χ3v) is 9.14. The molecule has 2 aromatic heterocycles. The van der Waals surface area contributed by atoms with Gasteiger partial charge in [0.25, 0.3) is 5.91 Å². The molecule has 7 rings (SSSR count). The Morgan fingerprint density at radius 2 is 1.56 bits per heavy atom. The number of ether oxygens (including phenoxy) is 2. The average molecular weight is 656 g/mol. The fourth-order valence-corrected chi connectivity index (χ4v) is 6.40. The van der Waals surface area contributed by atoms with Crippen molar-refractivity contribution in [1.82, 2.24) is 25.3 Å². The molecule has 10 heteroatoms. The number of hydrogen-bond donors (Lipinski definition) is 2. The predicted molar refractivity (Wildman–Crippen MR) is 184 cm³/mol. The Balaban J connectivity index is 1.03. The van der Waals surface area contributed by atoms with E-state index < -0.39 is 6.29 Å². The minimum absolute atomic E-state index is 0.00170. The first-order chi connectivity index (χ1) is 23.6. The molecular formula is C38H33N5O4S. The number of fused-ring (bicyclic) bond motifs is 1. The maximum Gasteiger partial charge on any atom is 0.271 e. The third kappa shape index (κ3) is 7.58. The van der Waals surface area contributed by atoms with E-state index in [1.165, 1.54) is 6.20 Å². The molecule has 0 saturated carbocycles. The number of para-hydroxylation sites is 2. The highest BCUT2D eigenvalue weighted by Crippen LogP contribution is 2.39. The van der Waals surface area contributed by atoms with E-state index in [1.807, 2.05) is 78.9 Å². The van der Waals surface area contributed by atoms with Crippen molar-refractivity contribution in [3.8, 4) is 11.1 Å². The normalized spacial score (nSPS) is 17.6. The number of nitrogens with zero attached hydrogens (tertiary/aromatic N) is 4. The Bertz CT molecular complexity index is 1990. The van der Waals surface area contributed by atoms with Crippen LogP contribution in [-0.2, 0) is 22.6 Å². The first kappa shape index (κ1) is 31.6. The average Bonchev–Trinajstić information content (AvgIpc) is 3.16. The molecule has 4 aromatic carbocycles. The standard InChI is InChI=1S/C38H33N5O4S/c44-23-25-9-11-28(12-10-25)35-20-31(24-48-38-39-17-4-18-40-38)46-37(47-35)29-15-13-27(14-16-29)30-6-3-5-26(19-30)21-42-36(45)34-22-41-32-7-1-2-8-33(32)43-34/h1-19,22,31,35,37,44H,20-21,23-24H2,(H,42,45)/t31-,35+,37+/m1/s1. The van der Waals surface area contributed by atoms with Crippen LogP contribution in [0.1, 0.15) is 51.6 Å². The number of aliphatic hydroxyl groups is 1. The lowest BCUT2D eigenvalue weighted by atomic mass is 9.99. The summed E-state index contributed by atoms with van der Waals surface area (Å²) in [6.07, 6.45) is 4.84. The minimum Gasteiger partial charge on any atom is -0.392 e. The summed E-state index contributed by atoms with van der Waals surface area (Å²) < 4.78 is 13.0. The highest BCUT2D eigenvalue weighted by atomic mass is 32.2. The van der Waals surface area contributed by atoms with Crippen LogP contribution in [-0.4, -0.2) is 42.8 Å².